The molecule has 4 rings (SSSR count). The van der Waals surface area contributed by atoms with Gasteiger partial charge in [-0.15, -0.1) is 0 Å². The van der Waals surface area contributed by atoms with Crippen molar-refractivity contribution in [2.45, 2.75) is 45.6 Å². The fourth-order valence-corrected chi connectivity index (χ4v) is 8.98. The highest BCUT2D eigenvalue weighted by Crippen LogP contribution is 2.47. The van der Waals surface area contributed by atoms with Gasteiger partial charge in [0.2, 0.25) is 0 Å². The molecule has 1 N–H and O–H groups in total. The van der Waals surface area contributed by atoms with Crippen LogP contribution in [0, 0.1) is 5.41 Å². The molecule has 0 aliphatic rings. The number of allylic oxidation sites excluding steroid dienone is 1. The number of hydrogen-bond acceptors (Lipinski definition) is 2. The van der Waals surface area contributed by atoms with Crippen molar-refractivity contribution in [3.8, 4) is 0 Å². The van der Waals surface area contributed by atoms with Crippen LogP contribution in [0.5, 0.6) is 0 Å². The Hall–Kier alpha value is -2.90. The molecular formula is C35H32Cl3F6N2P. The van der Waals surface area contributed by atoms with E-state index in [2.05, 4.69) is 11.9 Å². The second-order valence-electron chi connectivity index (χ2n) is 12.1. The van der Waals surface area contributed by atoms with Gasteiger partial charge in [0.25, 0.3) is 0 Å². The van der Waals surface area contributed by atoms with Crippen LogP contribution in [-0.4, -0.2) is 12.6 Å². The van der Waals surface area contributed by atoms with Crippen molar-refractivity contribution in [3.05, 3.63) is 135 Å². The maximum atomic E-state index is 13.5. The highest BCUT2D eigenvalue weighted by atomic mass is 35.5. The van der Waals surface area contributed by atoms with Gasteiger partial charge in [-0.1, -0.05) is 98.6 Å². The number of nitrogens with zero attached hydrogens (tertiary/aromatic N) is 1. The van der Waals surface area contributed by atoms with Crippen molar-refractivity contribution in [2.24, 2.45) is 10.2 Å². The summed E-state index contributed by atoms with van der Waals surface area (Å²) in [5, 5.41) is 7.64. The first-order valence-corrected chi connectivity index (χ1v) is 17.3. The van der Waals surface area contributed by atoms with Crippen LogP contribution in [-0.2, 0) is 18.8 Å². The third-order valence-electron chi connectivity index (χ3n) is 7.57. The standard InChI is InChI=1S/C35H32Cl3F6N2P/c1-22(17-23-18-24(34(39,40)41)20-25(19-23)35(42,43)44)46-32(33(2,3)4)21-45-47(29-11-5-26(36)6-12-29,30-13-7-27(37)8-14-30)31-15-9-28(38)10-16-31/h5-16,18-20,32,46H,1,17,21H2,2-4H3/t32-/m0/s1. The van der Waals surface area contributed by atoms with E-state index in [4.69, 9.17) is 39.5 Å². The molecule has 2 nitrogen and oxygen atoms in total. The summed E-state index contributed by atoms with van der Waals surface area (Å²) in [6.07, 6.45) is -10.2. The molecule has 0 aromatic heterocycles. The zero-order chi connectivity index (χ0) is 34.8. The van der Waals surface area contributed by atoms with Crippen LogP contribution in [0.3, 0.4) is 0 Å². The Balaban J connectivity index is 1.80. The van der Waals surface area contributed by atoms with Crippen molar-refractivity contribution in [1.29, 1.82) is 0 Å². The first-order valence-electron chi connectivity index (χ1n) is 14.4. The number of alkyl halides is 6. The monoisotopic (exact) mass is 730 g/mol. The Morgan fingerprint density at radius 3 is 1.36 bits per heavy atom. The summed E-state index contributed by atoms with van der Waals surface area (Å²) in [5.74, 6) is 0. The van der Waals surface area contributed by atoms with Crippen LogP contribution in [0.2, 0.25) is 15.1 Å². The van der Waals surface area contributed by atoms with Crippen LogP contribution in [0.25, 0.3) is 0 Å². The maximum Gasteiger partial charge on any atom is 0.416 e. The van der Waals surface area contributed by atoms with Crippen molar-refractivity contribution >= 4 is 57.8 Å². The van der Waals surface area contributed by atoms with E-state index in [0.717, 1.165) is 28.0 Å². The smallest absolute Gasteiger partial charge is 0.383 e. The van der Waals surface area contributed by atoms with Gasteiger partial charge in [0.05, 0.1) is 30.8 Å². The van der Waals surface area contributed by atoms with E-state index in [-0.39, 0.29) is 30.3 Å². The Bertz CT molecular complexity index is 1610. The van der Waals surface area contributed by atoms with E-state index in [1.54, 1.807) is 36.4 Å². The van der Waals surface area contributed by atoms with Gasteiger partial charge >= 0.3 is 12.4 Å². The topological polar surface area (TPSA) is 24.4 Å². The van der Waals surface area contributed by atoms with Gasteiger partial charge in [0.15, 0.2) is 0 Å². The van der Waals surface area contributed by atoms with Gasteiger partial charge in [-0.25, -0.2) is 0 Å². The number of hydrogen-bond donors (Lipinski definition) is 1. The van der Waals surface area contributed by atoms with Gasteiger partial charge in [0.1, 0.15) is 0 Å². The van der Waals surface area contributed by atoms with Crippen LogP contribution in [0.4, 0.5) is 26.3 Å². The molecule has 0 bridgehead atoms. The number of benzene rings is 4. The quantitative estimate of drug-likeness (QED) is 0.135. The lowest BCUT2D eigenvalue weighted by molar-refractivity contribution is -0.143. The number of rotatable bonds is 9. The molecule has 0 aliphatic carbocycles. The van der Waals surface area contributed by atoms with E-state index >= 15 is 0 Å². The van der Waals surface area contributed by atoms with Gasteiger partial charge in [-0.05, 0) is 65.6 Å². The predicted octanol–water partition coefficient (Wildman–Crippen LogP) is 10.9. The zero-order valence-electron chi connectivity index (χ0n) is 25.7. The molecule has 0 spiro atoms. The molecule has 0 amide bonds. The molecule has 0 radical (unpaired) electrons. The third kappa shape index (κ3) is 9.17. The van der Waals surface area contributed by atoms with Crippen LogP contribution >= 0.6 is 41.9 Å². The second-order valence-corrected chi connectivity index (χ2v) is 16.6. The molecule has 4 aromatic carbocycles. The summed E-state index contributed by atoms with van der Waals surface area (Å²) < 4.78 is 86.5. The Morgan fingerprint density at radius 1 is 0.681 bits per heavy atom. The Kier molecular flexibility index (Phi) is 11.2. The van der Waals surface area contributed by atoms with Crippen LogP contribution in [0.15, 0.2) is 108 Å². The number of nitrogens with one attached hydrogen (secondary N) is 1. The van der Waals surface area contributed by atoms with E-state index in [9.17, 15) is 26.3 Å². The largest absolute Gasteiger partial charge is 0.416 e. The highest BCUT2D eigenvalue weighted by molar-refractivity contribution is 7.87. The van der Waals surface area contributed by atoms with E-state index in [1.807, 2.05) is 57.2 Å². The third-order valence-corrected chi connectivity index (χ3v) is 12.0. The van der Waals surface area contributed by atoms with Gasteiger partial charge in [-0.2, -0.15) is 26.3 Å². The zero-order valence-corrected chi connectivity index (χ0v) is 28.8. The molecule has 4 aromatic rings. The Morgan fingerprint density at radius 2 is 1.04 bits per heavy atom. The van der Waals surface area contributed by atoms with Crippen molar-refractivity contribution in [2.75, 3.05) is 6.54 Å². The first kappa shape index (κ1) is 36.9. The SMILES string of the molecule is C=C(Cc1cc(C(F)(F)F)cc(C(F)(F)F)c1)N[C@@H](CN=P(c1ccc(Cl)cc1)(c1ccc(Cl)cc1)c1ccc(Cl)cc1)C(C)(C)C. The molecular weight excluding hydrogens is 700 g/mol. The minimum Gasteiger partial charge on any atom is -0.383 e. The first-order chi connectivity index (χ1) is 21.8. The second kappa shape index (κ2) is 14.3. The lowest BCUT2D eigenvalue weighted by atomic mass is 9.86. The van der Waals surface area contributed by atoms with Crippen LogP contribution < -0.4 is 21.2 Å². The highest BCUT2D eigenvalue weighted by Gasteiger charge is 2.37. The molecule has 47 heavy (non-hydrogen) atoms. The molecule has 0 saturated carbocycles. The molecule has 1 atom stereocenters. The Labute approximate surface area is 285 Å². The fourth-order valence-electron chi connectivity index (χ4n) is 5.07. The van der Waals surface area contributed by atoms with E-state index in [0.29, 0.717) is 15.1 Å². The molecule has 0 aliphatic heterocycles. The van der Waals surface area contributed by atoms with Crippen molar-refractivity contribution in [3.63, 3.8) is 0 Å². The lowest BCUT2D eigenvalue weighted by Gasteiger charge is -2.34. The summed E-state index contributed by atoms with van der Waals surface area (Å²) in [7, 11) is -2.77. The number of halogens is 9. The van der Waals surface area contributed by atoms with Crippen molar-refractivity contribution in [1.82, 2.24) is 5.32 Å². The summed E-state index contributed by atoms with van der Waals surface area (Å²) in [5.41, 5.74) is -3.13. The van der Waals surface area contributed by atoms with E-state index < -0.39 is 42.0 Å². The molecule has 0 fully saturated rings. The minimum atomic E-state index is -4.95. The summed E-state index contributed by atoms with van der Waals surface area (Å²) >= 11 is 18.8. The summed E-state index contributed by atoms with van der Waals surface area (Å²) in [6, 6.07) is 23.4. The minimum absolute atomic E-state index is 0.115. The molecule has 250 valence electrons. The van der Waals surface area contributed by atoms with E-state index in [1.165, 1.54) is 0 Å². The lowest BCUT2D eigenvalue weighted by Crippen LogP contribution is -2.42. The predicted molar refractivity (Wildman–Crippen MR) is 183 cm³/mol. The normalized spacial score (nSPS) is 13.3. The summed E-state index contributed by atoms with van der Waals surface area (Å²) in [6.45, 7) is 10.1. The van der Waals surface area contributed by atoms with Crippen molar-refractivity contribution < 1.29 is 26.3 Å². The molecule has 0 saturated heterocycles. The average molecular weight is 732 g/mol. The average Bonchev–Trinajstić information content (AvgIpc) is 2.97. The van der Waals surface area contributed by atoms with Crippen LogP contribution in [0.1, 0.15) is 37.5 Å². The fraction of sp³-hybridized carbons (Fsp3) is 0.257. The van der Waals surface area contributed by atoms with Gasteiger partial charge in [0, 0.05) is 43.1 Å². The molecule has 12 heteroatoms. The molecule has 0 unspecified atom stereocenters. The van der Waals surface area contributed by atoms with Gasteiger partial charge < -0.3 is 5.32 Å². The van der Waals surface area contributed by atoms with Gasteiger partial charge in [-0.3, -0.25) is 4.74 Å². The maximum absolute atomic E-state index is 13.5. The molecule has 0 heterocycles. The summed E-state index contributed by atoms with van der Waals surface area (Å²) in [4.78, 5) is 0.